The lowest BCUT2D eigenvalue weighted by Gasteiger charge is -2.21. The third-order valence-corrected chi connectivity index (χ3v) is 3.88. The molecule has 1 aromatic heterocycles. The second-order valence-electron chi connectivity index (χ2n) is 4.03. The molecule has 1 aliphatic heterocycles. The van der Waals surface area contributed by atoms with Gasteiger partial charge in [0.25, 0.3) is 0 Å². The van der Waals surface area contributed by atoms with Crippen molar-refractivity contribution in [2.45, 2.75) is 32.4 Å². The molecule has 0 aliphatic carbocycles. The highest BCUT2D eigenvalue weighted by Crippen LogP contribution is 2.27. The molecule has 0 saturated carbocycles. The van der Waals surface area contributed by atoms with E-state index in [4.69, 9.17) is 5.73 Å². The van der Waals surface area contributed by atoms with Crippen molar-refractivity contribution in [3.05, 3.63) is 16.1 Å². The molecule has 2 atom stereocenters. The highest BCUT2D eigenvalue weighted by Gasteiger charge is 2.25. The number of likely N-dealkylation sites (tertiary alicyclic amines) is 1. The van der Waals surface area contributed by atoms with Crippen LogP contribution in [-0.4, -0.2) is 29.0 Å². The van der Waals surface area contributed by atoms with Crippen LogP contribution in [0.2, 0.25) is 0 Å². The highest BCUT2D eigenvalue weighted by atomic mass is 32.1. The normalized spacial score (nSPS) is 25.5. The van der Waals surface area contributed by atoms with Crippen LogP contribution in [0.3, 0.4) is 0 Å². The van der Waals surface area contributed by atoms with Crippen molar-refractivity contribution in [2.75, 3.05) is 13.1 Å². The number of nitrogens with two attached hydrogens (primary N) is 1. The Hall–Kier alpha value is -0.450. The molecule has 3 nitrogen and oxygen atoms in total. The molecule has 2 rings (SSSR count). The lowest BCUT2D eigenvalue weighted by atomic mass is 10.3. The Morgan fingerprint density at radius 3 is 3.00 bits per heavy atom. The summed E-state index contributed by atoms with van der Waals surface area (Å²) in [7, 11) is 0. The van der Waals surface area contributed by atoms with Crippen LogP contribution in [0.5, 0.6) is 0 Å². The summed E-state index contributed by atoms with van der Waals surface area (Å²) in [5.41, 5.74) is 5.89. The van der Waals surface area contributed by atoms with Gasteiger partial charge in [-0.3, -0.25) is 4.90 Å². The highest BCUT2D eigenvalue weighted by molar-refractivity contribution is 7.11. The van der Waals surface area contributed by atoms with Gasteiger partial charge in [-0.15, -0.1) is 11.3 Å². The quantitative estimate of drug-likeness (QED) is 0.807. The smallest absolute Gasteiger partial charge is 0.110 e. The third-order valence-electron chi connectivity index (χ3n) is 2.80. The van der Waals surface area contributed by atoms with E-state index in [9.17, 15) is 0 Å². The first-order chi connectivity index (χ1) is 6.66. The van der Waals surface area contributed by atoms with E-state index in [0.717, 1.165) is 19.5 Å². The fourth-order valence-corrected chi connectivity index (χ4v) is 2.75. The van der Waals surface area contributed by atoms with Crippen molar-refractivity contribution in [2.24, 2.45) is 5.73 Å². The molecule has 2 N–H and O–H groups in total. The molecule has 0 bridgehead atoms. The molecule has 0 aromatic carbocycles. The molecule has 1 saturated heterocycles. The summed E-state index contributed by atoms with van der Waals surface area (Å²) >= 11 is 1.79. The Labute approximate surface area is 88.9 Å². The summed E-state index contributed by atoms with van der Waals surface area (Å²) in [6.07, 6.45) is 3.07. The molecular weight excluding hydrogens is 194 g/mol. The maximum absolute atomic E-state index is 5.89. The first-order valence-corrected chi connectivity index (χ1v) is 5.90. The maximum Gasteiger partial charge on any atom is 0.110 e. The predicted octanol–water partition coefficient (Wildman–Crippen LogP) is 1.55. The van der Waals surface area contributed by atoms with Crippen LogP contribution in [0.15, 0.2) is 6.20 Å². The summed E-state index contributed by atoms with van der Waals surface area (Å²) in [6.45, 7) is 6.45. The van der Waals surface area contributed by atoms with Gasteiger partial charge in [-0.25, -0.2) is 4.98 Å². The summed E-state index contributed by atoms with van der Waals surface area (Å²) in [5.74, 6) is 0. The van der Waals surface area contributed by atoms with Gasteiger partial charge in [0, 0.05) is 30.2 Å². The second-order valence-corrected chi connectivity index (χ2v) is 5.30. The van der Waals surface area contributed by atoms with Gasteiger partial charge in [0.15, 0.2) is 0 Å². The van der Waals surface area contributed by atoms with E-state index < -0.39 is 0 Å². The fourth-order valence-electron chi connectivity index (χ4n) is 1.89. The van der Waals surface area contributed by atoms with Crippen LogP contribution in [0.4, 0.5) is 0 Å². The lowest BCUT2D eigenvalue weighted by Crippen LogP contribution is -2.28. The van der Waals surface area contributed by atoms with Crippen LogP contribution in [0.25, 0.3) is 0 Å². The Bertz CT molecular complexity index is 310. The van der Waals surface area contributed by atoms with E-state index in [2.05, 4.69) is 23.7 Å². The molecule has 78 valence electrons. The van der Waals surface area contributed by atoms with Crippen molar-refractivity contribution >= 4 is 11.3 Å². The van der Waals surface area contributed by atoms with Crippen LogP contribution in [0, 0.1) is 6.92 Å². The first-order valence-electron chi connectivity index (χ1n) is 5.09. The first kappa shape index (κ1) is 10.1. The zero-order valence-corrected chi connectivity index (χ0v) is 9.55. The van der Waals surface area contributed by atoms with Gasteiger partial charge in [-0.1, -0.05) is 0 Å². The minimum Gasteiger partial charge on any atom is -0.326 e. The molecule has 1 aromatic rings. The number of thiazole rings is 1. The summed E-state index contributed by atoms with van der Waals surface area (Å²) < 4.78 is 0. The van der Waals surface area contributed by atoms with Crippen molar-refractivity contribution < 1.29 is 0 Å². The predicted molar refractivity (Wildman–Crippen MR) is 59.4 cm³/mol. The minimum absolute atomic E-state index is 0.360. The van der Waals surface area contributed by atoms with Gasteiger partial charge >= 0.3 is 0 Å². The lowest BCUT2D eigenvalue weighted by molar-refractivity contribution is 0.259. The molecule has 0 radical (unpaired) electrons. The summed E-state index contributed by atoms with van der Waals surface area (Å²) in [6, 6.07) is 0.792. The molecule has 14 heavy (non-hydrogen) atoms. The summed E-state index contributed by atoms with van der Waals surface area (Å²) in [4.78, 5) is 8.13. The number of rotatable bonds is 2. The van der Waals surface area contributed by atoms with Crippen LogP contribution in [0.1, 0.15) is 29.3 Å². The van der Waals surface area contributed by atoms with E-state index in [1.54, 1.807) is 11.3 Å². The molecule has 0 amide bonds. The van der Waals surface area contributed by atoms with Gasteiger partial charge < -0.3 is 5.73 Å². The van der Waals surface area contributed by atoms with E-state index >= 15 is 0 Å². The monoisotopic (exact) mass is 211 g/mol. The number of aromatic nitrogens is 1. The van der Waals surface area contributed by atoms with Crippen molar-refractivity contribution in [3.8, 4) is 0 Å². The summed E-state index contributed by atoms with van der Waals surface area (Å²) in [5, 5.41) is 1.22. The van der Waals surface area contributed by atoms with E-state index in [-0.39, 0.29) is 0 Å². The molecule has 1 aliphatic rings. The molecular formula is C10H17N3S. The van der Waals surface area contributed by atoms with E-state index in [1.165, 1.54) is 9.88 Å². The number of hydrogen-bond acceptors (Lipinski definition) is 4. The second kappa shape index (κ2) is 3.96. The van der Waals surface area contributed by atoms with Gasteiger partial charge in [-0.2, -0.15) is 0 Å². The maximum atomic E-state index is 5.89. The van der Waals surface area contributed by atoms with Crippen molar-refractivity contribution in [1.29, 1.82) is 0 Å². The zero-order chi connectivity index (χ0) is 10.1. The minimum atomic E-state index is 0.360. The molecule has 4 heteroatoms. The third kappa shape index (κ3) is 1.97. The molecule has 0 spiro atoms. The number of nitrogens with zero attached hydrogens (tertiary/aromatic N) is 2. The van der Waals surface area contributed by atoms with Crippen LogP contribution < -0.4 is 5.73 Å². The van der Waals surface area contributed by atoms with Crippen LogP contribution >= 0.6 is 11.3 Å². The molecule has 2 unspecified atom stereocenters. The number of aryl methyl sites for hydroxylation is 1. The van der Waals surface area contributed by atoms with Gasteiger partial charge in [0.2, 0.25) is 0 Å². The fraction of sp³-hybridized carbons (Fsp3) is 0.700. The van der Waals surface area contributed by atoms with Gasteiger partial charge in [-0.05, 0) is 20.3 Å². The average molecular weight is 211 g/mol. The standard InChI is InChI=1S/C10H17N3S/c1-7-5-12-10(14-7)8(2)13-4-3-9(11)6-13/h5,8-9H,3-4,6,11H2,1-2H3. The van der Waals surface area contributed by atoms with Crippen molar-refractivity contribution in [3.63, 3.8) is 0 Å². The van der Waals surface area contributed by atoms with E-state index in [0.29, 0.717) is 12.1 Å². The Morgan fingerprint density at radius 1 is 1.71 bits per heavy atom. The SMILES string of the molecule is Cc1cnc(C(C)N2CCC(N)C2)s1. The molecule has 2 heterocycles. The van der Waals surface area contributed by atoms with Crippen molar-refractivity contribution in [1.82, 2.24) is 9.88 Å². The van der Waals surface area contributed by atoms with Gasteiger partial charge in [0.05, 0.1) is 6.04 Å². The largest absolute Gasteiger partial charge is 0.326 e. The Morgan fingerprint density at radius 2 is 2.50 bits per heavy atom. The number of hydrogen-bond donors (Lipinski definition) is 1. The Kier molecular flexibility index (Phi) is 2.85. The van der Waals surface area contributed by atoms with Gasteiger partial charge in [0.1, 0.15) is 5.01 Å². The average Bonchev–Trinajstić information content (AvgIpc) is 2.73. The molecule has 1 fully saturated rings. The van der Waals surface area contributed by atoms with Crippen LogP contribution in [-0.2, 0) is 0 Å². The zero-order valence-electron chi connectivity index (χ0n) is 8.73. The van der Waals surface area contributed by atoms with E-state index in [1.807, 2.05) is 6.20 Å². The topological polar surface area (TPSA) is 42.2 Å². The Balaban J connectivity index is 2.05.